The van der Waals surface area contributed by atoms with E-state index in [2.05, 4.69) is 5.32 Å². The molecule has 0 aliphatic carbocycles. The van der Waals surface area contributed by atoms with Gasteiger partial charge in [-0.2, -0.15) is 8.42 Å². The Morgan fingerprint density at radius 2 is 1.93 bits per heavy atom. The molecule has 0 amide bonds. The van der Waals surface area contributed by atoms with E-state index in [0.717, 1.165) is 0 Å². The van der Waals surface area contributed by atoms with Gasteiger partial charge < -0.3 is 5.32 Å². The molecule has 0 saturated carbocycles. The van der Waals surface area contributed by atoms with Gasteiger partial charge in [0.15, 0.2) is 0 Å². The minimum absolute atomic E-state index is 0.108. The number of hydrogen-bond donors (Lipinski definition) is 2. The molecule has 0 heterocycles. The molecule has 0 atom stereocenters. The summed E-state index contributed by atoms with van der Waals surface area (Å²) in [5.41, 5.74) is 0.646. The standard InChI is InChI=1S/C8H9Cl2NO3S/c9-7-2-1-6(5-8(7)10)11-3-4-15(12,13)14/h1-2,5,11H,3-4H2,(H,12,13,14). The van der Waals surface area contributed by atoms with Crippen LogP contribution in [0, 0.1) is 0 Å². The van der Waals surface area contributed by atoms with Gasteiger partial charge in [-0.25, -0.2) is 0 Å². The molecule has 4 nitrogen and oxygen atoms in total. The number of benzene rings is 1. The fourth-order valence-electron chi connectivity index (χ4n) is 0.930. The lowest BCUT2D eigenvalue weighted by Gasteiger charge is -2.05. The molecule has 0 aliphatic rings. The molecule has 0 aliphatic heterocycles. The second-order valence-electron chi connectivity index (χ2n) is 2.84. The monoisotopic (exact) mass is 269 g/mol. The number of nitrogens with one attached hydrogen (secondary N) is 1. The van der Waals surface area contributed by atoms with Crippen molar-refractivity contribution in [2.45, 2.75) is 0 Å². The van der Waals surface area contributed by atoms with Crippen molar-refractivity contribution >= 4 is 39.0 Å². The van der Waals surface area contributed by atoms with Gasteiger partial charge in [0, 0.05) is 12.2 Å². The molecule has 1 aromatic rings. The zero-order chi connectivity index (χ0) is 11.5. The van der Waals surface area contributed by atoms with E-state index in [9.17, 15) is 8.42 Å². The molecule has 7 heteroatoms. The quantitative estimate of drug-likeness (QED) is 0.824. The number of hydrogen-bond acceptors (Lipinski definition) is 3. The van der Waals surface area contributed by atoms with Crippen LogP contribution in [0.15, 0.2) is 18.2 Å². The first-order valence-electron chi connectivity index (χ1n) is 4.02. The number of anilines is 1. The van der Waals surface area contributed by atoms with Crippen molar-refractivity contribution in [1.82, 2.24) is 0 Å². The summed E-state index contributed by atoms with van der Waals surface area (Å²) in [5.74, 6) is -0.354. The number of rotatable bonds is 4. The average molecular weight is 270 g/mol. The lowest BCUT2D eigenvalue weighted by atomic mass is 10.3. The molecular weight excluding hydrogens is 261 g/mol. The van der Waals surface area contributed by atoms with Crippen LogP contribution in [0.4, 0.5) is 5.69 Å². The van der Waals surface area contributed by atoms with Gasteiger partial charge in [-0.05, 0) is 18.2 Å². The van der Waals surface area contributed by atoms with Gasteiger partial charge in [0.25, 0.3) is 10.1 Å². The molecule has 1 aromatic carbocycles. The Morgan fingerprint density at radius 3 is 2.47 bits per heavy atom. The first kappa shape index (κ1) is 12.6. The highest BCUT2D eigenvalue weighted by Crippen LogP contribution is 2.24. The summed E-state index contributed by atoms with van der Waals surface area (Å²) >= 11 is 11.4. The summed E-state index contributed by atoms with van der Waals surface area (Å²) in [5, 5.41) is 3.60. The van der Waals surface area contributed by atoms with Gasteiger partial charge in [0.2, 0.25) is 0 Å². The Bertz CT molecular complexity index is 447. The Labute approximate surface area is 97.9 Å². The molecule has 0 radical (unpaired) electrons. The van der Waals surface area contributed by atoms with E-state index in [1.54, 1.807) is 18.2 Å². The van der Waals surface area contributed by atoms with Gasteiger partial charge in [0.1, 0.15) is 0 Å². The molecule has 84 valence electrons. The smallest absolute Gasteiger partial charge is 0.266 e. The first-order valence-corrected chi connectivity index (χ1v) is 6.39. The van der Waals surface area contributed by atoms with Crippen molar-refractivity contribution in [3.8, 4) is 0 Å². The van der Waals surface area contributed by atoms with Crippen molar-refractivity contribution in [2.24, 2.45) is 0 Å². The van der Waals surface area contributed by atoms with E-state index in [-0.39, 0.29) is 12.3 Å². The van der Waals surface area contributed by atoms with Crippen LogP contribution in [0.3, 0.4) is 0 Å². The first-order chi connectivity index (χ1) is 6.88. The summed E-state index contributed by atoms with van der Waals surface area (Å²) in [7, 11) is -3.93. The zero-order valence-corrected chi connectivity index (χ0v) is 9.90. The second-order valence-corrected chi connectivity index (χ2v) is 5.23. The van der Waals surface area contributed by atoms with Crippen molar-refractivity contribution in [3.63, 3.8) is 0 Å². The molecule has 0 bridgehead atoms. The molecule has 0 unspecified atom stereocenters. The van der Waals surface area contributed by atoms with Crippen LogP contribution in [-0.2, 0) is 10.1 Å². The highest BCUT2D eigenvalue weighted by Gasteiger charge is 2.04. The highest BCUT2D eigenvalue weighted by atomic mass is 35.5. The van der Waals surface area contributed by atoms with Crippen LogP contribution in [0.1, 0.15) is 0 Å². The van der Waals surface area contributed by atoms with Gasteiger partial charge in [-0.15, -0.1) is 0 Å². The minimum Gasteiger partial charge on any atom is -0.384 e. The maximum absolute atomic E-state index is 10.4. The molecular formula is C8H9Cl2NO3S. The van der Waals surface area contributed by atoms with Gasteiger partial charge in [-0.3, -0.25) is 4.55 Å². The highest BCUT2D eigenvalue weighted by molar-refractivity contribution is 7.85. The van der Waals surface area contributed by atoms with Crippen molar-refractivity contribution in [3.05, 3.63) is 28.2 Å². The summed E-state index contributed by atoms with van der Waals surface area (Å²) in [6.45, 7) is 0.108. The van der Waals surface area contributed by atoms with Gasteiger partial charge in [-0.1, -0.05) is 23.2 Å². The Kier molecular flexibility index (Phi) is 4.21. The molecule has 0 saturated heterocycles. The Hall–Kier alpha value is -0.490. The SMILES string of the molecule is O=S(=O)(O)CCNc1ccc(Cl)c(Cl)c1. The normalized spacial score (nSPS) is 11.4. The fourth-order valence-corrected chi connectivity index (χ4v) is 1.59. The zero-order valence-electron chi connectivity index (χ0n) is 7.57. The van der Waals surface area contributed by atoms with Crippen LogP contribution in [-0.4, -0.2) is 25.3 Å². The molecule has 0 spiro atoms. The summed E-state index contributed by atoms with van der Waals surface area (Å²) in [6, 6.07) is 4.84. The predicted octanol–water partition coefficient (Wildman–Crippen LogP) is 2.29. The van der Waals surface area contributed by atoms with Gasteiger partial charge >= 0.3 is 0 Å². The molecule has 1 rings (SSSR count). The largest absolute Gasteiger partial charge is 0.384 e. The van der Waals surface area contributed by atoms with E-state index in [1.807, 2.05) is 0 Å². The average Bonchev–Trinajstić information content (AvgIpc) is 2.09. The topological polar surface area (TPSA) is 66.4 Å². The van der Waals surface area contributed by atoms with Crippen LogP contribution in [0.25, 0.3) is 0 Å². The fraction of sp³-hybridized carbons (Fsp3) is 0.250. The molecule has 2 N–H and O–H groups in total. The van der Waals surface area contributed by atoms with Crippen molar-refractivity contribution in [2.75, 3.05) is 17.6 Å². The lowest BCUT2D eigenvalue weighted by Crippen LogP contribution is -2.14. The third-order valence-electron chi connectivity index (χ3n) is 1.61. The van der Waals surface area contributed by atoms with E-state index in [4.69, 9.17) is 27.8 Å². The molecule has 15 heavy (non-hydrogen) atoms. The summed E-state index contributed by atoms with van der Waals surface area (Å²) < 4.78 is 29.3. The van der Waals surface area contributed by atoms with Gasteiger partial charge in [0.05, 0.1) is 15.8 Å². The summed E-state index contributed by atoms with van der Waals surface area (Å²) in [6.07, 6.45) is 0. The third kappa shape index (κ3) is 4.70. The van der Waals surface area contributed by atoms with E-state index >= 15 is 0 Å². The van der Waals surface area contributed by atoms with E-state index < -0.39 is 10.1 Å². The van der Waals surface area contributed by atoms with Crippen LogP contribution in [0.2, 0.25) is 10.0 Å². The lowest BCUT2D eigenvalue weighted by molar-refractivity contribution is 0.484. The summed E-state index contributed by atoms with van der Waals surface area (Å²) in [4.78, 5) is 0. The maximum atomic E-state index is 10.4. The van der Waals surface area contributed by atoms with Crippen molar-refractivity contribution < 1.29 is 13.0 Å². The van der Waals surface area contributed by atoms with Crippen molar-refractivity contribution in [1.29, 1.82) is 0 Å². The third-order valence-corrected chi connectivity index (χ3v) is 3.07. The Balaban J connectivity index is 2.55. The maximum Gasteiger partial charge on any atom is 0.266 e. The number of halogens is 2. The predicted molar refractivity (Wildman–Crippen MR) is 61.4 cm³/mol. The van der Waals surface area contributed by atoms with E-state index in [0.29, 0.717) is 15.7 Å². The molecule has 0 aromatic heterocycles. The molecule has 0 fully saturated rings. The van der Waals surface area contributed by atoms with E-state index in [1.165, 1.54) is 0 Å². The van der Waals surface area contributed by atoms with Crippen LogP contribution < -0.4 is 5.32 Å². The van der Waals surface area contributed by atoms with Crippen LogP contribution in [0.5, 0.6) is 0 Å². The minimum atomic E-state index is -3.93. The van der Waals surface area contributed by atoms with Crippen LogP contribution >= 0.6 is 23.2 Å². The second kappa shape index (κ2) is 5.03. The Morgan fingerprint density at radius 1 is 1.27 bits per heavy atom.